The van der Waals surface area contributed by atoms with Gasteiger partial charge in [0.25, 0.3) is 0 Å². The van der Waals surface area contributed by atoms with Crippen LogP contribution in [-0.2, 0) is 24.4 Å². The molecule has 1 atom stereocenters. The lowest BCUT2D eigenvalue weighted by Crippen LogP contribution is -2.43. The van der Waals surface area contributed by atoms with Crippen LogP contribution in [0.25, 0.3) is 22.3 Å². The molecule has 1 aliphatic heterocycles. The first-order valence-electron chi connectivity index (χ1n) is 18.3. The van der Waals surface area contributed by atoms with Crippen LogP contribution in [-0.4, -0.2) is 53.4 Å². The third kappa shape index (κ3) is 9.57. The van der Waals surface area contributed by atoms with Crippen LogP contribution in [0.4, 0.5) is 5.69 Å². The van der Waals surface area contributed by atoms with E-state index in [1.54, 1.807) is 24.4 Å². The van der Waals surface area contributed by atoms with Gasteiger partial charge in [0.1, 0.15) is 30.8 Å². The van der Waals surface area contributed by atoms with Crippen molar-refractivity contribution in [3.63, 3.8) is 0 Å². The number of carbonyl (C=O) groups is 1. The molecule has 6 rings (SSSR count). The first-order valence-corrected chi connectivity index (χ1v) is 18.6. The molecule has 9 nitrogen and oxygen atoms in total. The molecule has 1 saturated heterocycles. The summed E-state index contributed by atoms with van der Waals surface area (Å²) in [6, 6.07) is 29.0. The zero-order valence-electron chi connectivity index (χ0n) is 30.6. The Labute approximate surface area is 321 Å². The topological polar surface area (TPSA) is 128 Å². The van der Waals surface area contributed by atoms with Crippen LogP contribution in [0.2, 0.25) is 5.02 Å². The zero-order valence-corrected chi connectivity index (χ0v) is 31.4. The van der Waals surface area contributed by atoms with E-state index in [0.29, 0.717) is 41.3 Å². The van der Waals surface area contributed by atoms with Crippen molar-refractivity contribution >= 4 is 23.3 Å². The summed E-state index contributed by atoms with van der Waals surface area (Å²) in [6.07, 6.45) is 3.24. The average molecular weight is 745 g/mol. The standard InChI is InChI=1S/C44H45ClN4O5/c1-29-35(7-4-10-39(29)40-11-5-9-38(30(40)2)33-12-14-36(15-13-33)49-18-16-47-17-19-49)28-54-43-23-42(53-27-32-20-31(24-46)25-48-26-32)34(21-41(43)45)6-3-8-37(50)22-44(51)52/h4-5,7,9-15,20-21,23,25-26,37,47,50H,3,6,8,16-19,22,27-28H2,1-2H3,(H,51,52)/t37-/m1/s1. The number of halogens is 1. The van der Waals surface area contributed by atoms with E-state index in [9.17, 15) is 15.2 Å². The summed E-state index contributed by atoms with van der Waals surface area (Å²) in [4.78, 5) is 17.6. The molecule has 0 unspecified atom stereocenters. The lowest BCUT2D eigenvalue weighted by Gasteiger charge is -2.29. The first kappa shape index (κ1) is 38.3. The Morgan fingerprint density at radius 2 is 1.61 bits per heavy atom. The summed E-state index contributed by atoms with van der Waals surface area (Å²) < 4.78 is 12.6. The molecule has 1 aliphatic rings. The Morgan fingerprint density at radius 3 is 2.35 bits per heavy atom. The normalized spacial score (nSPS) is 13.3. The fraction of sp³-hybridized carbons (Fsp3) is 0.295. The molecule has 0 radical (unpaired) electrons. The number of aryl methyl sites for hydroxylation is 1. The lowest BCUT2D eigenvalue weighted by atomic mass is 9.89. The number of carboxylic acids is 1. The highest BCUT2D eigenvalue weighted by molar-refractivity contribution is 6.32. The number of aliphatic hydroxyl groups is 1. The van der Waals surface area contributed by atoms with Gasteiger partial charge in [0.2, 0.25) is 0 Å². The van der Waals surface area contributed by atoms with Crippen LogP contribution in [0.15, 0.2) is 91.3 Å². The van der Waals surface area contributed by atoms with Crippen molar-refractivity contribution in [2.75, 3.05) is 31.1 Å². The number of hydrogen-bond acceptors (Lipinski definition) is 8. The molecule has 1 aromatic heterocycles. The van der Waals surface area contributed by atoms with Crippen molar-refractivity contribution in [1.82, 2.24) is 10.3 Å². The van der Waals surface area contributed by atoms with Gasteiger partial charge in [-0.15, -0.1) is 0 Å². The molecule has 0 spiro atoms. The third-order valence-electron chi connectivity index (χ3n) is 9.94. The average Bonchev–Trinajstić information content (AvgIpc) is 3.18. The van der Waals surface area contributed by atoms with E-state index in [0.717, 1.165) is 54.0 Å². The van der Waals surface area contributed by atoms with Crippen LogP contribution in [0.1, 0.15) is 52.6 Å². The van der Waals surface area contributed by atoms with E-state index in [2.05, 4.69) is 95.8 Å². The molecule has 2 heterocycles. The van der Waals surface area contributed by atoms with Gasteiger partial charge in [-0.25, -0.2) is 0 Å². The molecule has 4 aromatic carbocycles. The molecule has 0 bridgehead atoms. The van der Waals surface area contributed by atoms with E-state index >= 15 is 0 Å². The Balaban J connectivity index is 1.20. The van der Waals surface area contributed by atoms with Gasteiger partial charge in [-0.3, -0.25) is 9.78 Å². The van der Waals surface area contributed by atoms with Gasteiger partial charge in [-0.2, -0.15) is 5.26 Å². The molecule has 0 saturated carbocycles. The molecule has 278 valence electrons. The van der Waals surface area contributed by atoms with Crippen molar-refractivity contribution in [3.05, 3.63) is 130 Å². The van der Waals surface area contributed by atoms with Gasteiger partial charge in [0, 0.05) is 55.9 Å². The smallest absolute Gasteiger partial charge is 0.305 e. The molecule has 0 aliphatic carbocycles. The van der Waals surface area contributed by atoms with E-state index in [1.807, 2.05) is 0 Å². The number of anilines is 1. The van der Waals surface area contributed by atoms with Crippen LogP contribution in [0.5, 0.6) is 11.5 Å². The van der Waals surface area contributed by atoms with E-state index < -0.39 is 12.1 Å². The van der Waals surface area contributed by atoms with Crippen LogP contribution in [0.3, 0.4) is 0 Å². The number of piperazine rings is 1. The Bertz CT molecular complexity index is 2130. The van der Waals surface area contributed by atoms with Crippen molar-refractivity contribution in [3.8, 4) is 39.8 Å². The Morgan fingerprint density at radius 1 is 0.907 bits per heavy atom. The SMILES string of the molecule is Cc1c(COc2cc(OCc3cncc(C#N)c3)c(CCC[C@@H](O)CC(=O)O)cc2Cl)cccc1-c1cccc(-c2ccc(N3CCNCC3)cc2)c1C. The summed E-state index contributed by atoms with van der Waals surface area (Å²) in [7, 11) is 0. The van der Waals surface area contributed by atoms with Crippen LogP contribution in [0, 0.1) is 25.2 Å². The number of pyridine rings is 1. The van der Waals surface area contributed by atoms with Gasteiger partial charge < -0.3 is 29.9 Å². The molecule has 1 fully saturated rings. The second-order valence-corrected chi connectivity index (χ2v) is 14.1. The maximum Gasteiger partial charge on any atom is 0.305 e. The highest BCUT2D eigenvalue weighted by Crippen LogP contribution is 2.37. The summed E-state index contributed by atoms with van der Waals surface area (Å²) in [5.41, 5.74) is 11.2. The van der Waals surface area contributed by atoms with Crippen molar-refractivity contribution in [2.45, 2.75) is 58.8 Å². The molecule has 5 aromatic rings. The third-order valence-corrected chi connectivity index (χ3v) is 10.2. The molecule has 0 amide bonds. The number of hydrogen-bond donors (Lipinski definition) is 3. The number of aromatic nitrogens is 1. The second kappa shape index (κ2) is 18.1. The molecule has 54 heavy (non-hydrogen) atoms. The van der Waals surface area contributed by atoms with Gasteiger partial charge in [0.15, 0.2) is 0 Å². The van der Waals surface area contributed by atoms with E-state index in [4.69, 9.17) is 26.2 Å². The van der Waals surface area contributed by atoms with Crippen LogP contribution >= 0.6 is 11.6 Å². The predicted molar refractivity (Wildman–Crippen MR) is 212 cm³/mol. The quantitative estimate of drug-likeness (QED) is 0.0970. The molecule has 10 heteroatoms. The van der Waals surface area contributed by atoms with E-state index in [-0.39, 0.29) is 19.6 Å². The maximum absolute atomic E-state index is 11.0. The second-order valence-electron chi connectivity index (χ2n) is 13.7. The van der Waals surface area contributed by atoms with Crippen LogP contribution < -0.4 is 19.7 Å². The molecule has 3 N–H and O–H groups in total. The number of ether oxygens (including phenoxy) is 2. The number of nitrogens with zero attached hydrogens (tertiary/aromatic N) is 3. The van der Waals surface area contributed by atoms with Crippen molar-refractivity contribution in [1.29, 1.82) is 5.26 Å². The fourth-order valence-corrected chi connectivity index (χ4v) is 7.18. The monoisotopic (exact) mass is 744 g/mol. The highest BCUT2D eigenvalue weighted by Gasteiger charge is 2.17. The van der Waals surface area contributed by atoms with Crippen molar-refractivity contribution < 1.29 is 24.5 Å². The number of carboxylic acid groups (broad SMARTS) is 1. The minimum atomic E-state index is -1.04. The summed E-state index contributed by atoms with van der Waals surface area (Å²) in [5.74, 6) is -0.0401. The molecular weight excluding hydrogens is 700 g/mol. The number of benzene rings is 4. The van der Waals surface area contributed by atoms with Crippen molar-refractivity contribution in [2.24, 2.45) is 0 Å². The number of aliphatic hydroxyl groups excluding tert-OH is 1. The predicted octanol–water partition coefficient (Wildman–Crippen LogP) is 8.28. The Kier molecular flexibility index (Phi) is 12.8. The summed E-state index contributed by atoms with van der Waals surface area (Å²) in [5, 5.41) is 32.3. The maximum atomic E-state index is 11.0. The van der Waals surface area contributed by atoms with Gasteiger partial charge in [-0.05, 0) is 102 Å². The number of rotatable bonds is 15. The summed E-state index contributed by atoms with van der Waals surface area (Å²) >= 11 is 6.79. The largest absolute Gasteiger partial charge is 0.488 e. The van der Waals surface area contributed by atoms with Gasteiger partial charge in [0.05, 0.1) is 23.1 Å². The fourth-order valence-electron chi connectivity index (χ4n) is 6.94. The minimum Gasteiger partial charge on any atom is -0.488 e. The number of nitrogens with one attached hydrogen (secondary N) is 1. The summed E-state index contributed by atoms with van der Waals surface area (Å²) in [6.45, 7) is 8.78. The Hall–Kier alpha value is -5.40. The number of nitriles is 1. The lowest BCUT2D eigenvalue weighted by molar-refractivity contribution is -0.139. The molecular formula is C44H45ClN4O5. The van der Waals surface area contributed by atoms with Gasteiger partial charge >= 0.3 is 5.97 Å². The first-order chi connectivity index (χ1) is 26.2. The minimum absolute atomic E-state index is 0.165. The zero-order chi connectivity index (χ0) is 38.0. The van der Waals surface area contributed by atoms with E-state index in [1.165, 1.54) is 34.1 Å². The van der Waals surface area contributed by atoms with Gasteiger partial charge in [-0.1, -0.05) is 60.1 Å². The highest BCUT2D eigenvalue weighted by atomic mass is 35.5. The number of aliphatic carboxylic acids is 1.